The molecule has 3 N–H and O–H groups in total. The van der Waals surface area contributed by atoms with E-state index >= 15 is 0 Å². The molecular weight excluding hydrogens is 508 g/mol. The number of anilines is 1. The van der Waals surface area contributed by atoms with Crippen molar-refractivity contribution in [3.63, 3.8) is 0 Å². The molecule has 0 atom stereocenters. The first kappa shape index (κ1) is 24.2. The van der Waals surface area contributed by atoms with E-state index in [9.17, 15) is 13.2 Å². The summed E-state index contributed by atoms with van der Waals surface area (Å²) >= 11 is 5.95. The van der Waals surface area contributed by atoms with Gasteiger partial charge >= 0.3 is 6.18 Å². The van der Waals surface area contributed by atoms with Crippen LogP contribution in [-0.4, -0.2) is 42.6 Å². The second kappa shape index (κ2) is 11.9. The van der Waals surface area contributed by atoms with Gasteiger partial charge in [0.25, 0.3) is 0 Å². The first-order valence-electron chi connectivity index (χ1n) is 8.21. The van der Waals surface area contributed by atoms with E-state index in [0.717, 1.165) is 24.2 Å². The standard InChI is InChI=1S/C17H20ClF3N6.HI/c1-22-15(23-7-5-12-3-2-4-13(18)11-12)25-9-10-26-16-24-8-6-14(27-16)17(19,20)21;/h2-4,6,8,11H,5,7,9-10H2,1H3,(H2,22,23,25)(H,24,26,27);1H. The van der Waals surface area contributed by atoms with Crippen molar-refractivity contribution < 1.29 is 13.2 Å². The largest absolute Gasteiger partial charge is 0.433 e. The van der Waals surface area contributed by atoms with Crippen molar-refractivity contribution >= 4 is 47.5 Å². The van der Waals surface area contributed by atoms with Crippen LogP contribution < -0.4 is 16.0 Å². The summed E-state index contributed by atoms with van der Waals surface area (Å²) in [5.74, 6) is 0.513. The molecule has 0 saturated carbocycles. The fourth-order valence-electron chi connectivity index (χ4n) is 2.20. The summed E-state index contributed by atoms with van der Waals surface area (Å²) in [6.45, 7) is 1.41. The Balaban J connectivity index is 0.00000392. The van der Waals surface area contributed by atoms with Crippen molar-refractivity contribution in [3.05, 3.63) is 52.8 Å². The lowest BCUT2D eigenvalue weighted by Gasteiger charge is -2.13. The number of hydrogen-bond donors (Lipinski definition) is 3. The zero-order chi connectivity index (χ0) is 19.7. The third-order valence-electron chi connectivity index (χ3n) is 3.47. The molecular formula is C17H21ClF3IN6. The molecule has 28 heavy (non-hydrogen) atoms. The summed E-state index contributed by atoms with van der Waals surface area (Å²) in [6.07, 6.45) is -2.65. The van der Waals surface area contributed by atoms with Crippen LogP contribution in [0.5, 0.6) is 0 Å². The highest BCUT2D eigenvalue weighted by Gasteiger charge is 2.32. The van der Waals surface area contributed by atoms with Crippen LogP contribution in [0.15, 0.2) is 41.5 Å². The molecule has 0 aliphatic heterocycles. The molecule has 1 aromatic heterocycles. The monoisotopic (exact) mass is 528 g/mol. The number of nitrogens with one attached hydrogen (secondary N) is 3. The summed E-state index contributed by atoms with van der Waals surface area (Å²) in [7, 11) is 1.64. The molecule has 0 bridgehead atoms. The van der Waals surface area contributed by atoms with Crippen LogP contribution in [0.25, 0.3) is 0 Å². The number of aliphatic imine (C=N–C) groups is 1. The molecule has 2 aromatic rings. The summed E-state index contributed by atoms with van der Waals surface area (Å²) in [6, 6.07) is 8.43. The molecule has 154 valence electrons. The Morgan fingerprint density at radius 3 is 2.57 bits per heavy atom. The quantitative estimate of drug-likeness (QED) is 0.222. The molecule has 0 fully saturated rings. The molecule has 0 aliphatic carbocycles. The van der Waals surface area contributed by atoms with E-state index in [1.807, 2.05) is 24.3 Å². The Morgan fingerprint density at radius 1 is 1.14 bits per heavy atom. The minimum Gasteiger partial charge on any atom is -0.356 e. The third-order valence-corrected chi connectivity index (χ3v) is 3.70. The van der Waals surface area contributed by atoms with Crippen LogP contribution in [0.1, 0.15) is 11.3 Å². The molecule has 1 aromatic carbocycles. The van der Waals surface area contributed by atoms with Crippen molar-refractivity contribution in [1.29, 1.82) is 0 Å². The number of nitrogens with zero attached hydrogens (tertiary/aromatic N) is 3. The van der Waals surface area contributed by atoms with Gasteiger partial charge in [-0.2, -0.15) is 13.2 Å². The number of hydrogen-bond acceptors (Lipinski definition) is 4. The van der Waals surface area contributed by atoms with Gasteiger partial charge in [0.05, 0.1) is 0 Å². The van der Waals surface area contributed by atoms with E-state index in [4.69, 9.17) is 11.6 Å². The molecule has 1 heterocycles. The highest BCUT2D eigenvalue weighted by molar-refractivity contribution is 14.0. The van der Waals surface area contributed by atoms with E-state index in [1.165, 1.54) is 0 Å². The number of benzene rings is 1. The number of guanidine groups is 1. The van der Waals surface area contributed by atoms with Gasteiger partial charge in [0, 0.05) is 37.9 Å². The van der Waals surface area contributed by atoms with Crippen LogP contribution in [0.3, 0.4) is 0 Å². The molecule has 0 saturated heterocycles. The van der Waals surface area contributed by atoms with E-state index in [1.54, 1.807) is 7.05 Å². The van der Waals surface area contributed by atoms with Crippen LogP contribution >= 0.6 is 35.6 Å². The number of aromatic nitrogens is 2. The fourth-order valence-corrected chi connectivity index (χ4v) is 2.41. The SMILES string of the molecule is CN=C(NCCNc1nccc(C(F)(F)F)n1)NCCc1cccc(Cl)c1.I. The van der Waals surface area contributed by atoms with Crippen molar-refractivity contribution in [3.8, 4) is 0 Å². The highest BCUT2D eigenvalue weighted by Crippen LogP contribution is 2.27. The number of alkyl halides is 3. The van der Waals surface area contributed by atoms with Gasteiger partial charge in [-0.15, -0.1) is 24.0 Å². The van der Waals surface area contributed by atoms with Crippen LogP contribution in [0.2, 0.25) is 5.02 Å². The Kier molecular flexibility index (Phi) is 10.3. The first-order valence-corrected chi connectivity index (χ1v) is 8.59. The normalized spacial score (nSPS) is 11.5. The Hall–Kier alpha value is -1.82. The molecule has 0 radical (unpaired) electrons. The second-order valence-electron chi connectivity index (χ2n) is 5.50. The molecule has 0 aliphatic rings. The lowest BCUT2D eigenvalue weighted by atomic mass is 10.1. The number of rotatable bonds is 7. The van der Waals surface area contributed by atoms with E-state index in [0.29, 0.717) is 30.6 Å². The van der Waals surface area contributed by atoms with Crippen molar-refractivity contribution in [2.24, 2.45) is 4.99 Å². The summed E-state index contributed by atoms with van der Waals surface area (Å²) in [5.41, 5.74) is 0.125. The predicted molar refractivity (Wildman–Crippen MR) is 115 cm³/mol. The smallest absolute Gasteiger partial charge is 0.356 e. The lowest BCUT2D eigenvalue weighted by molar-refractivity contribution is -0.141. The third kappa shape index (κ3) is 8.46. The van der Waals surface area contributed by atoms with E-state index in [-0.39, 0.29) is 29.9 Å². The van der Waals surface area contributed by atoms with Gasteiger partial charge in [-0.05, 0) is 30.2 Å². The maximum atomic E-state index is 12.6. The van der Waals surface area contributed by atoms with Crippen LogP contribution in [0, 0.1) is 0 Å². The van der Waals surface area contributed by atoms with Gasteiger partial charge in [-0.3, -0.25) is 4.99 Å². The Bertz CT molecular complexity index is 773. The predicted octanol–water partition coefficient (Wildman–Crippen LogP) is 3.59. The molecule has 0 spiro atoms. The van der Waals surface area contributed by atoms with Gasteiger partial charge in [0.1, 0.15) is 5.69 Å². The van der Waals surface area contributed by atoms with Crippen molar-refractivity contribution in [2.75, 3.05) is 32.0 Å². The Labute approximate surface area is 183 Å². The molecule has 0 unspecified atom stereocenters. The molecule has 6 nitrogen and oxygen atoms in total. The average Bonchev–Trinajstić information content (AvgIpc) is 2.63. The minimum absolute atomic E-state index is 0. The maximum Gasteiger partial charge on any atom is 0.433 e. The summed E-state index contributed by atoms with van der Waals surface area (Å²) < 4.78 is 37.8. The van der Waals surface area contributed by atoms with Gasteiger partial charge in [0.2, 0.25) is 5.95 Å². The van der Waals surface area contributed by atoms with Gasteiger partial charge in [-0.25, -0.2) is 9.97 Å². The lowest BCUT2D eigenvalue weighted by Crippen LogP contribution is -2.40. The summed E-state index contributed by atoms with van der Waals surface area (Å²) in [4.78, 5) is 11.3. The Morgan fingerprint density at radius 2 is 1.89 bits per heavy atom. The van der Waals surface area contributed by atoms with Crippen LogP contribution in [0.4, 0.5) is 19.1 Å². The second-order valence-corrected chi connectivity index (χ2v) is 5.93. The molecule has 2 rings (SSSR count). The first-order chi connectivity index (χ1) is 12.9. The number of halogens is 5. The topological polar surface area (TPSA) is 74.2 Å². The van der Waals surface area contributed by atoms with Crippen LogP contribution in [-0.2, 0) is 12.6 Å². The van der Waals surface area contributed by atoms with E-state index in [2.05, 4.69) is 30.9 Å². The summed E-state index contributed by atoms with van der Waals surface area (Å²) in [5, 5.41) is 9.64. The molecule has 11 heteroatoms. The van der Waals surface area contributed by atoms with Crippen molar-refractivity contribution in [2.45, 2.75) is 12.6 Å². The minimum atomic E-state index is -4.49. The van der Waals surface area contributed by atoms with Gasteiger partial charge in [0.15, 0.2) is 5.96 Å². The van der Waals surface area contributed by atoms with Gasteiger partial charge < -0.3 is 16.0 Å². The van der Waals surface area contributed by atoms with Gasteiger partial charge in [-0.1, -0.05) is 23.7 Å². The average molecular weight is 529 g/mol. The van der Waals surface area contributed by atoms with Crippen molar-refractivity contribution in [1.82, 2.24) is 20.6 Å². The zero-order valence-electron chi connectivity index (χ0n) is 15.1. The maximum absolute atomic E-state index is 12.6. The molecule has 0 amide bonds. The highest BCUT2D eigenvalue weighted by atomic mass is 127. The fraction of sp³-hybridized carbons (Fsp3) is 0.353. The van der Waals surface area contributed by atoms with E-state index < -0.39 is 11.9 Å². The zero-order valence-corrected chi connectivity index (χ0v) is 18.1.